The third-order valence-electron chi connectivity index (χ3n) is 3.94. The summed E-state index contributed by atoms with van der Waals surface area (Å²) in [6, 6.07) is 0. The number of benzene rings is 1. The van der Waals surface area contributed by atoms with Gasteiger partial charge in [0.2, 0.25) is 0 Å². The molecule has 6 heteroatoms. The molecular formula is C13H14BrF4N. The van der Waals surface area contributed by atoms with Gasteiger partial charge in [-0.15, -0.1) is 0 Å². The van der Waals surface area contributed by atoms with E-state index in [2.05, 4.69) is 15.9 Å². The number of halogens is 5. The van der Waals surface area contributed by atoms with Crippen LogP contribution in [0.4, 0.5) is 17.6 Å². The Morgan fingerprint density at radius 3 is 1.79 bits per heavy atom. The molecule has 19 heavy (non-hydrogen) atoms. The lowest BCUT2D eigenvalue weighted by Crippen LogP contribution is -2.39. The van der Waals surface area contributed by atoms with Crippen molar-refractivity contribution in [3.63, 3.8) is 0 Å². The van der Waals surface area contributed by atoms with Crippen LogP contribution < -0.4 is 5.73 Å². The zero-order valence-electron chi connectivity index (χ0n) is 10.2. The molecule has 0 unspecified atom stereocenters. The van der Waals surface area contributed by atoms with Gasteiger partial charge in [0, 0.05) is 17.5 Å². The molecular weight excluding hydrogens is 326 g/mol. The van der Waals surface area contributed by atoms with E-state index < -0.39 is 38.7 Å². The molecule has 0 amide bonds. The van der Waals surface area contributed by atoms with Crippen LogP contribution in [0.3, 0.4) is 0 Å². The van der Waals surface area contributed by atoms with Crippen molar-refractivity contribution < 1.29 is 17.6 Å². The average molecular weight is 340 g/mol. The van der Waals surface area contributed by atoms with Crippen LogP contribution in [-0.4, -0.2) is 6.54 Å². The van der Waals surface area contributed by atoms with E-state index in [1.54, 1.807) is 0 Å². The van der Waals surface area contributed by atoms with E-state index in [4.69, 9.17) is 5.73 Å². The fraction of sp³-hybridized carbons (Fsp3) is 0.538. The predicted octanol–water partition coefficient (Wildman–Crippen LogP) is 4.17. The third kappa shape index (κ3) is 2.29. The van der Waals surface area contributed by atoms with Crippen LogP contribution in [0.15, 0.2) is 4.47 Å². The molecule has 2 rings (SSSR count). The minimum Gasteiger partial charge on any atom is -0.330 e. The van der Waals surface area contributed by atoms with Gasteiger partial charge < -0.3 is 5.73 Å². The van der Waals surface area contributed by atoms with Crippen LogP contribution in [-0.2, 0) is 5.41 Å². The first-order chi connectivity index (χ1) is 8.94. The number of nitrogens with two attached hydrogens (primary N) is 1. The summed E-state index contributed by atoms with van der Waals surface area (Å²) < 4.78 is 54.5. The Bertz CT molecular complexity index is 469. The van der Waals surface area contributed by atoms with Crippen molar-refractivity contribution in [2.45, 2.75) is 37.5 Å². The van der Waals surface area contributed by atoms with E-state index in [0.29, 0.717) is 12.8 Å². The van der Waals surface area contributed by atoms with Gasteiger partial charge in [-0.05, 0) is 28.8 Å². The van der Waals surface area contributed by atoms with Crippen LogP contribution in [0, 0.1) is 23.3 Å². The molecule has 1 aromatic rings. The van der Waals surface area contributed by atoms with Gasteiger partial charge in [0.25, 0.3) is 0 Å². The van der Waals surface area contributed by atoms with Crippen molar-refractivity contribution >= 4 is 15.9 Å². The SMILES string of the molecule is NCC1(c2c(F)c(F)c(Br)c(F)c2F)CCCCC1. The van der Waals surface area contributed by atoms with Crippen molar-refractivity contribution in [1.82, 2.24) is 0 Å². The molecule has 0 heterocycles. The van der Waals surface area contributed by atoms with E-state index in [9.17, 15) is 17.6 Å². The summed E-state index contributed by atoms with van der Waals surface area (Å²) in [5, 5.41) is 0. The van der Waals surface area contributed by atoms with Gasteiger partial charge in [-0.1, -0.05) is 19.3 Å². The summed E-state index contributed by atoms with van der Waals surface area (Å²) in [5.41, 5.74) is 4.12. The van der Waals surface area contributed by atoms with Gasteiger partial charge in [-0.3, -0.25) is 0 Å². The van der Waals surface area contributed by atoms with Crippen molar-refractivity contribution in [2.24, 2.45) is 5.73 Å². The summed E-state index contributed by atoms with van der Waals surface area (Å²) in [5.74, 6) is -5.46. The Hall–Kier alpha value is -0.620. The zero-order valence-corrected chi connectivity index (χ0v) is 11.8. The highest BCUT2D eigenvalue weighted by Crippen LogP contribution is 2.43. The third-order valence-corrected chi connectivity index (χ3v) is 4.64. The predicted molar refractivity (Wildman–Crippen MR) is 67.8 cm³/mol. The molecule has 1 saturated carbocycles. The first-order valence-corrected chi connectivity index (χ1v) is 6.96. The fourth-order valence-corrected chi connectivity index (χ4v) is 3.20. The molecule has 1 aliphatic rings. The average Bonchev–Trinajstić information content (AvgIpc) is 2.44. The van der Waals surface area contributed by atoms with Crippen LogP contribution in [0.25, 0.3) is 0 Å². The summed E-state index contributed by atoms with van der Waals surface area (Å²) in [6.07, 6.45) is 3.31. The molecule has 1 fully saturated rings. The maximum atomic E-state index is 14.1. The highest BCUT2D eigenvalue weighted by Gasteiger charge is 2.40. The molecule has 1 aromatic carbocycles. The van der Waals surface area contributed by atoms with Crippen LogP contribution in [0.5, 0.6) is 0 Å². The lowest BCUT2D eigenvalue weighted by molar-refractivity contribution is 0.272. The van der Waals surface area contributed by atoms with Crippen molar-refractivity contribution in [1.29, 1.82) is 0 Å². The van der Waals surface area contributed by atoms with Crippen LogP contribution in [0.1, 0.15) is 37.7 Å². The fourth-order valence-electron chi connectivity index (χ4n) is 2.86. The zero-order chi connectivity index (χ0) is 14.2. The van der Waals surface area contributed by atoms with E-state index in [-0.39, 0.29) is 6.54 Å². The second-order valence-corrected chi connectivity index (χ2v) is 5.78. The quantitative estimate of drug-likeness (QED) is 0.488. The van der Waals surface area contributed by atoms with Crippen molar-refractivity contribution in [2.75, 3.05) is 6.54 Å². The van der Waals surface area contributed by atoms with Crippen LogP contribution in [0.2, 0.25) is 0 Å². The minimum absolute atomic E-state index is 0.0264. The van der Waals surface area contributed by atoms with Gasteiger partial charge in [-0.2, -0.15) is 0 Å². The Kier molecular flexibility index (Phi) is 4.20. The van der Waals surface area contributed by atoms with Gasteiger partial charge >= 0.3 is 0 Å². The molecule has 0 aromatic heterocycles. The summed E-state index contributed by atoms with van der Waals surface area (Å²) in [4.78, 5) is 0. The number of hydrogen-bond acceptors (Lipinski definition) is 1. The molecule has 106 valence electrons. The second kappa shape index (κ2) is 5.40. The molecule has 0 bridgehead atoms. The monoisotopic (exact) mass is 339 g/mol. The van der Waals surface area contributed by atoms with Gasteiger partial charge in [0.05, 0.1) is 4.47 Å². The Morgan fingerprint density at radius 1 is 0.895 bits per heavy atom. The summed E-state index contributed by atoms with van der Waals surface area (Å²) >= 11 is 2.52. The van der Waals surface area contributed by atoms with E-state index in [1.165, 1.54) is 0 Å². The summed E-state index contributed by atoms with van der Waals surface area (Å²) in [6.45, 7) is -0.0264. The van der Waals surface area contributed by atoms with Crippen LogP contribution >= 0.6 is 15.9 Å². The van der Waals surface area contributed by atoms with Gasteiger partial charge in [-0.25, -0.2) is 17.6 Å². The topological polar surface area (TPSA) is 26.0 Å². The molecule has 2 N–H and O–H groups in total. The highest BCUT2D eigenvalue weighted by molar-refractivity contribution is 9.10. The molecule has 1 nitrogen and oxygen atoms in total. The first-order valence-electron chi connectivity index (χ1n) is 6.16. The molecule has 0 saturated heterocycles. The van der Waals surface area contributed by atoms with Gasteiger partial charge in [0.15, 0.2) is 23.3 Å². The Labute approximate surface area is 117 Å². The van der Waals surface area contributed by atoms with E-state index in [0.717, 1.165) is 19.3 Å². The largest absolute Gasteiger partial charge is 0.330 e. The lowest BCUT2D eigenvalue weighted by Gasteiger charge is -2.37. The molecule has 1 aliphatic carbocycles. The Morgan fingerprint density at radius 2 is 1.37 bits per heavy atom. The van der Waals surface area contributed by atoms with Gasteiger partial charge in [0.1, 0.15) is 0 Å². The molecule has 0 atom stereocenters. The molecule has 0 spiro atoms. The number of hydrogen-bond donors (Lipinski definition) is 1. The highest BCUT2D eigenvalue weighted by atomic mass is 79.9. The molecule has 0 aliphatic heterocycles. The first kappa shape index (κ1) is 14.8. The van der Waals surface area contributed by atoms with Crippen molar-refractivity contribution in [3.8, 4) is 0 Å². The molecule has 0 radical (unpaired) electrons. The maximum Gasteiger partial charge on any atom is 0.176 e. The maximum absolute atomic E-state index is 14.1. The summed E-state index contributed by atoms with van der Waals surface area (Å²) in [7, 11) is 0. The normalized spacial score (nSPS) is 18.6. The minimum atomic E-state index is -1.40. The van der Waals surface area contributed by atoms with E-state index >= 15 is 0 Å². The van der Waals surface area contributed by atoms with Crippen molar-refractivity contribution in [3.05, 3.63) is 33.3 Å². The van der Waals surface area contributed by atoms with E-state index in [1.807, 2.05) is 0 Å². The smallest absolute Gasteiger partial charge is 0.176 e. The standard InChI is InChI=1S/C13H14BrF4N/c14-8-11(17)9(15)7(10(16)12(8)18)13(6-19)4-2-1-3-5-13/h1-6,19H2. The number of rotatable bonds is 2. The Balaban J connectivity index is 2.67. The second-order valence-electron chi connectivity index (χ2n) is 4.99. The lowest BCUT2D eigenvalue weighted by atomic mass is 9.69.